The van der Waals surface area contributed by atoms with Crippen molar-refractivity contribution in [2.45, 2.75) is 19.6 Å². The molecule has 0 aliphatic carbocycles. The molecule has 1 aliphatic heterocycles. The second-order valence-corrected chi connectivity index (χ2v) is 6.83. The molecule has 2 N–H and O–H groups in total. The summed E-state index contributed by atoms with van der Waals surface area (Å²) in [6, 6.07) is 9.21. The van der Waals surface area contributed by atoms with Gasteiger partial charge in [0, 0.05) is 33.3 Å². The predicted molar refractivity (Wildman–Crippen MR) is 109 cm³/mol. The normalized spacial score (nSPS) is 14.2. The van der Waals surface area contributed by atoms with Crippen LogP contribution in [-0.2, 0) is 19.6 Å². The molecule has 0 unspecified atom stereocenters. The number of amides is 2. The minimum absolute atomic E-state index is 0.0342. The quantitative estimate of drug-likeness (QED) is 0.450. The van der Waals surface area contributed by atoms with Gasteiger partial charge >= 0.3 is 6.03 Å². The van der Waals surface area contributed by atoms with E-state index in [9.17, 15) is 9.59 Å². The fourth-order valence-electron chi connectivity index (χ4n) is 2.87. The molecule has 1 aromatic carbocycles. The third-order valence-electron chi connectivity index (χ3n) is 4.39. The highest BCUT2D eigenvalue weighted by Crippen LogP contribution is 2.23. The minimum atomic E-state index is -0.459. The first-order chi connectivity index (χ1) is 14.0. The van der Waals surface area contributed by atoms with Crippen molar-refractivity contribution in [3.05, 3.63) is 63.7 Å². The largest absolute Gasteiger partial charge is 0.480 e. The van der Waals surface area contributed by atoms with E-state index >= 15 is 0 Å². The maximum absolute atomic E-state index is 12.3. The van der Waals surface area contributed by atoms with Crippen molar-refractivity contribution in [3.63, 3.8) is 0 Å². The summed E-state index contributed by atoms with van der Waals surface area (Å²) in [5.41, 5.74) is 2.48. The molecular weight excluding hydrogens is 374 g/mol. The van der Waals surface area contributed by atoms with Crippen LogP contribution in [0, 0.1) is 0 Å². The Morgan fingerprint density at radius 2 is 2.00 bits per heavy atom. The number of rotatable bonds is 6. The van der Waals surface area contributed by atoms with Gasteiger partial charge in [-0.05, 0) is 11.1 Å². The van der Waals surface area contributed by atoms with Crippen molar-refractivity contribution < 1.29 is 13.9 Å². The number of urea groups is 1. The Morgan fingerprint density at radius 3 is 2.59 bits per heavy atom. The lowest BCUT2D eigenvalue weighted by Crippen LogP contribution is -2.22. The zero-order valence-electron chi connectivity index (χ0n) is 16.4. The Morgan fingerprint density at radius 1 is 1.31 bits per heavy atom. The average Bonchev–Trinajstić information content (AvgIpc) is 3.11. The van der Waals surface area contributed by atoms with Crippen molar-refractivity contribution in [3.8, 4) is 5.75 Å². The Bertz CT molecular complexity index is 971. The van der Waals surface area contributed by atoms with Crippen molar-refractivity contribution >= 4 is 18.0 Å². The summed E-state index contributed by atoms with van der Waals surface area (Å²) < 4.78 is 11.0. The number of hydrogen-bond acceptors (Lipinski definition) is 7. The van der Waals surface area contributed by atoms with E-state index in [1.165, 1.54) is 34.6 Å². The van der Waals surface area contributed by atoms with Crippen LogP contribution in [0.3, 0.4) is 0 Å². The molecule has 0 radical (unpaired) electrons. The zero-order chi connectivity index (χ0) is 20.8. The zero-order valence-corrected chi connectivity index (χ0v) is 16.4. The summed E-state index contributed by atoms with van der Waals surface area (Å²) in [6.07, 6.45) is 2.47. The highest BCUT2D eigenvalue weighted by Gasteiger charge is 2.19. The Balaban J connectivity index is 1.57. The lowest BCUT2D eigenvalue weighted by atomic mass is 10.1. The second-order valence-electron chi connectivity index (χ2n) is 6.83. The topological polar surface area (TPSA) is 114 Å². The van der Waals surface area contributed by atoms with E-state index in [1.807, 2.05) is 12.1 Å². The number of carbonyl (C=O) groups excluding carboxylic acids is 1. The third-order valence-corrected chi connectivity index (χ3v) is 4.39. The number of nitrogens with zero attached hydrogens (tertiary/aromatic N) is 4. The van der Waals surface area contributed by atoms with E-state index in [4.69, 9.17) is 15.0 Å². The number of hydrogen-bond donors (Lipinski definition) is 1. The fourth-order valence-corrected chi connectivity index (χ4v) is 2.87. The molecule has 0 fully saturated rings. The van der Waals surface area contributed by atoms with Gasteiger partial charge in [-0.15, -0.1) is 0 Å². The van der Waals surface area contributed by atoms with Gasteiger partial charge in [0.1, 0.15) is 24.3 Å². The summed E-state index contributed by atoms with van der Waals surface area (Å²) in [5.74, 6) is 5.86. The molecule has 1 aromatic heterocycles. The number of ether oxygens (including phenoxy) is 1. The van der Waals surface area contributed by atoms with Crippen molar-refractivity contribution in [1.29, 1.82) is 0 Å². The summed E-state index contributed by atoms with van der Waals surface area (Å²) in [6.45, 7) is 2.05. The van der Waals surface area contributed by atoms with E-state index in [0.29, 0.717) is 12.3 Å². The highest BCUT2D eigenvalue weighted by atomic mass is 16.5. The van der Waals surface area contributed by atoms with E-state index in [-0.39, 0.29) is 23.5 Å². The molecule has 2 amide bonds. The monoisotopic (exact) mass is 397 g/mol. The second kappa shape index (κ2) is 9.16. The SMILES string of the molecule is CN(C)C(=O)N=CC(COc1coc(CN2Cc3ccccc3C2)cc1=O)=NN. The molecule has 29 heavy (non-hydrogen) atoms. The molecule has 0 saturated carbocycles. The van der Waals surface area contributed by atoms with Gasteiger partial charge < -0.3 is 19.9 Å². The van der Waals surface area contributed by atoms with E-state index in [2.05, 4.69) is 27.1 Å². The van der Waals surface area contributed by atoms with Gasteiger partial charge in [0.05, 0.1) is 12.8 Å². The van der Waals surface area contributed by atoms with Gasteiger partial charge in [-0.2, -0.15) is 10.1 Å². The summed E-state index contributed by atoms with van der Waals surface area (Å²) >= 11 is 0. The Hall–Kier alpha value is -3.46. The molecule has 0 spiro atoms. The van der Waals surface area contributed by atoms with E-state index in [1.54, 1.807) is 14.1 Å². The average molecular weight is 397 g/mol. The number of fused-ring (bicyclic) bond motifs is 1. The van der Waals surface area contributed by atoms with Crippen LogP contribution in [0.1, 0.15) is 16.9 Å². The molecule has 2 heterocycles. The highest BCUT2D eigenvalue weighted by molar-refractivity contribution is 6.32. The molecule has 152 valence electrons. The number of carbonyl (C=O) groups is 1. The molecule has 0 atom stereocenters. The van der Waals surface area contributed by atoms with Gasteiger partial charge in [0.15, 0.2) is 0 Å². The first-order valence-corrected chi connectivity index (χ1v) is 9.02. The van der Waals surface area contributed by atoms with Crippen LogP contribution in [-0.4, -0.2) is 48.5 Å². The lowest BCUT2D eigenvalue weighted by Gasteiger charge is -2.13. The lowest BCUT2D eigenvalue weighted by molar-refractivity contribution is 0.227. The predicted octanol–water partition coefficient (Wildman–Crippen LogP) is 1.60. The number of nitrogens with two attached hydrogens (primary N) is 1. The molecule has 0 bridgehead atoms. The molecule has 9 nitrogen and oxygen atoms in total. The van der Waals surface area contributed by atoms with E-state index in [0.717, 1.165) is 13.1 Å². The Labute approximate surface area is 168 Å². The van der Waals surface area contributed by atoms with Gasteiger partial charge in [0.25, 0.3) is 0 Å². The van der Waals surface area contributed by atoms with Gasteiger partial charge in [-0.25, -0.2) is 4.79 Å². The third kappa shape index (κ3) is 5.29. The van der Waals surface area contributed by atoms with Crippen LogP contribution in [0.15, 0.2) is 55.9 Å². The summed E-state index contributed by atoms with van der Waals surface area (Å²) in [7, 11) is 3.14. The molecule has 0 saturated heterocycles. The first kappa shape index (κ1) is 20.3. The maximum atomic E-state index is 12.3. The van der Waals surface area contributed by atoms with Crippen LogP contribution in [0.2, 0.25) is 0 Å². The fraction of sp³-hybridized carbons (Fsp3) is 0.300. The first-order valence-electron chi connectivity index (χ1n) is 9.02. The van der Waals surface area contributed by atoms with Crippen LogP contribution in [0.5, 0.6) is 5.75 Å². The maximum Gasteiger partial charge on any atom is 0.343 e. The molecular formula is C20H23N5O4. The van der Waals surface area contributed by atoms with Crippen molar-refractivity contribution in [2.75, 3.05) is 20.7 Å². The van der Waals surface area contributed by atoms with Crippen molar-refractivity contribution in [2.24, 2.45) is 15.9 Å². The number of benzene rings is 1. The molecule has 1 aliphatic rings. The standard InChI is InChI=1S/C20H23N5O4/c1-24(2)20(27)22-8-16(23-21)12-29-19-13-28-17(7-18(19)26)11-25-9-14-5-3-4-6-15(14)10-25/h3-8,13H,9-12,21H2,1-2H3. The van der Waals surface area contributed by atoms with Gasteiger partial charge in [0.2, 0.25) is 11.2 Å². The minimum Gasteiger partial charge on any atom is -0.480 e. The number of aliphatic imine (C=N–C) groups is 1. The smallest absolute Gasteiger partial charge is 0.343 e. The molecule has 3 rings (SSSR count). The van der Waals surface area contributed by atoms with Crippen molar-refractivity contribution in [1.82, 2.24) is 9.80 Å². The Kier molecular flexibility index (Phi) is 6.40. The van der Waals surface area contributed by atoms with Gasteiger partial charge in [-0.3, -0.25) is 9.69 Å². The number of hydrazone groups is 1. The van der Waals surface area contributed by atoms with E-state index < -0.39 is 6.03 Å². The summed E-state index contributed by atoms with van der Waals surface area (Å²) in [5, 5.41) is 3.50. The van der Waals surface area contributed by atoms with Crippen LogP contribution in [0.25, 0.3) is 0 Å². The molecule has 9 heteroatoms. The van der Waals surface area contributed by atoms with Crippen LogP contribution in [0.4, 0.5) is 4.79 Å². The molecule has 2 aromatic rings. The van der Waals surface area contributed by atoms with Crippen LogP contribution < -0.4 is 16.0 Å². The summed E-state index contributed by atoms with van der Waals surface area (Å²) in [4.78, 5) is 31.0. The van der Waals surface area contributed by atoms with Crippen LogP contribution >= 0.6 is 0 Å². The van der Waals surface area contributed by atoms with Gasteiger partial charge in [-0.1, -0.05) is 24.3 Å².